The molecular weight excluding hydrogens is 228 g/mol. The Balaban J connectivity index is 1.73. The molecule has 0 saturated carbocycles. The minimum atomic E-state index is 0.333. The lowest BCUT2D eigenvalue weighted by molar-refractivity contribution is 0.0998. The highest BCUT2D eigenvalue weighted by atomic mass is 16.5. The molecule has 3 unspecified atom stereocenters. The summed E-state index contributed by atoms with van der Waals surface area (Å²) in [6.07, 6.45) is 7.47. The average molecular weight is 246 g/mol. The van der Waals surface area contributed by atoms with E-state index in [0.29, 0.717) is 18.1 Å². The van der Waals surface area contributed by atoms with Crippen LogP contribution in [0.1, 0.15) is 48.7 Å². The summed E-state index contributed by atoms with van der Waals surface area (Å²) < 4.78 is 5.90. The zero-order valence-electron chi connectivity index (χ0n) is 10.4. The molecule has 4 rings (SSSR count). The molecule has 0 radical (unpaired) electrons. The molecular formula is C13H18N4O. The normalized spacial score (nSPS) is 32.8. The van der Waals surface area contributed by atoms with Crippen molar-refractivity contribution < 1.29 is 4.74 Å². The number of rotatable bonds is 2. The molecule has 1 aromatic rings. The van der Waals surface area contributed by atoms with Crippen LogP contribution in [0.5, 0.6) is 0 Å². The maximum absolute atomic E-state index is 5.90. The number of anilines is 1. The van der Waals surface area contributed by atoms with Crippen molar-refractivity contribution in [2.45, 2.75) is 56.7 Å². The minimum absolute atomic E-state index is 0.333. The summed E-state index contributed by atoms with van der Waals surface area (Å²) in [7, 11) is 0. The van der Waals surface area contributed by atoms with Gasteiger partial charge >= 0.3 is 0 Å². The summed E-state index contributed by atoms with van der Waals surface area (Å²) in [6, 6.07) is 0. The van der Waals surface area contributed by atoms with Crippen molar-refractivity contribution in [1.29, 1.82) is 0 Å². The molecule has 1 aromatic heterocycles. The highest BCUT2D eigenvalue weighted by Crippen LogP contribution is 2.44. The zero-order chi connectivity index (χ0) is 12.1. The Bertz CT molecular complexity index is 490. The van der Waals surface area contributed by atoms with Crippen molar-refractivity contribution in [2.75, 3.05) is 5.43 Å². The Labute approximate surface area is 106 Å². The first-order valence-electron chi connectivity index (χ1n) is 6.87. The van der Waals surface area contributed by atoms with E-state index in [1.54, 1.807) is 0 Å². The number of nitrogens with two attached hydrogens (primary N) is 1. The molecule has 2 aliphatic heterocycles. The van der Waals surface area contributed by atoms with E-state index in [1.807, 2.05) is 0 Å². The number of fused-ring (bicyclic) bond motifs is 3. The van der Waals surface area contributed by atoms with Crippen LogP contribution in [-0.2, 0) is 17.6 Å². The fourth-order valence-corrected chi connectivity index (χ4v) is 3.65. The smallest absolute Gasteiger partial charge is 0.147 e. The van der Waals surface area contributed by atoms with Crippen molar-refractivity contribution >= 4 is 5.82 Å². The van der Waals surface area contributed by atoms with Crippen LogP contribution in [-0.4, -0.2) is 22.2 Å². The molecule has 3 aliphatic rings. The molecule has 96 valence electrons. The lowest BCUT2D eigenvalue weighted by atomic mass is 9.88. The largest absolute Gasteiger partial charge is 0.374 e. The van der Waals surface area contributed by atoms with Gasteiger partial charge in [-0.05, 0) is 38.5 Å². The maximum Gasteiger partial charge on any atom is 0.147 e. The molecule has 5 nitrogen and oxygen atoms in total. The molecule has 3 heterocycles. The van der Waals surface area contributed by atoms with E-state index in [0.717, 1.165) is 43.7 Å². The van der Waals surface area contributed by atoms with Gasteiger partial charge in [0.15, 0.2) is 0 Å². The molecule has 0 spiro atoms. The number of nitrogens with one attached hydrogen (secondary N) is 1. The van der Waals surface area contributed by atoms with Gasteiger partial charge < -0.3 is 10.2 Å². The van der Waals surface area contributed by atoms with Crippen molar-refractivity contribution in [3.63, 3.8) is 0 Å². The van der Waals surface area contributed by atoms with E-state index in [9.17, 15) is 0 Å². The second-order valence-electron chi connectivity index (χ2n) is 5.57. The van der Waals surface area contributed by atoms with Crippen LogP contribution in [0.4, 0.5) is 5.82 Å². The number of nitrogen functional groups attached to an aromatic ring is 1. The average Bonchev–Trinajstić information content (AvgIpc) is 3.12. The van der Waals surface area contributed by atoms with Crippen molar-refractivity contribution in [2.24, 2.45) is 5.84 Å². The van der Waals surface area contributed by atoms with Crippen LogP contribution < -0.4 is 11.3 Å². The fourth-order valence-electron chi connectivity index (χ4n) is 3.65. The lowest BCUT2D eigenvalue weighted by Crippen LogP contribution is -2.20. The number of hydrazine groups is 1. The van der Waals surface area contributed by atoms with Gasteiger partial charge in [0.05, 0.1) is 12.2 Å². The predicted octanol–water partition coefficient (Wildman–Crippen LogP) is 1.29. The number of nitrogens with zero attached hydrogens (tertiary/aromatic N) is 2. The van der Waals surface area contributed by atoms with E-state index >= 15 is 0 Å². The molecule has 0 aromatic carbocycles. The number of hydrogen-bond acceptors (Lipinski definition) is 5. The van der Waals surface area contributed by atoms with E-state index < -0.39 is 0 Å². The van der Waals surface area contributed by atoms with E-state index in [2.05, 4.69) is 10.4 Å². The number of ether oxygens (including phenoxy) is 1. The van der Waals surface area contributed by atoms with Gasteiger partial charge in [-0.1, -0.05) is 0 Å². The third-order valence-corrected chi connectivity index (χ3v) is 4.52. The summed E-state index contributed by atoms with van der Waals surface area (Å²) in [5.41, 5.74) is 5.15. The molecule has 3 atom stereocenters. The summed E-state index contributed by atoms with van der Waals surface area (Å²) in [4.78, 5) is 9.41. The van der Waals surface area contributed by atoms with E-state index in [1.165, 1.54) is 17.7 Å². The second-order valence-corrected chi connectivity index (χ2v) is 5.57. The van der Waals surface area contributed by atoms with Gasteiger partial charge in [-0.15, -0.1) is 0 Å². The molecule has 2 saturated heterocycles. The first-order valence-corrected chi connectivity index (χ1v) is 6.87. The van der Waals surface area contributed by atoms with Crippen LogP contribution in [0.2, 0.25) is 0 Å². The second kappa shape index (κ2) is 3.90. The van der Waals surface area contributed by atoms with Gasteiger partial charge in [-0.25, -0.2) is 15.8 Å². The third kappa shape index (κ3) is 1.47. The number of aryl methyl sites for hydroxylation is 1. The van der Waals surface area contributed by atoms with Gasteiger partial charge in [0.25, 0.3) is 0 Å². The topological polar surface area (TPSA) is 73.1 Å². The van der Waals surface area contributed by atoms with Crippen LogP contribution in [0.3, 0.4) is 0 Å². The highest BCUT2D eigenvalue weighted by molar-refractivity contribution is 5.48. The first-order chi connectivity index (χ1) is 8.85. The van der Waals surface area contributed by atoms with Gasteiger partial charge in [0.1, 0.15) is 11.6 Å². The Kier molecular flexibility index (Phi) is 2.32. The standard InChI is InChI=1S/C13H18N4O/c14-17-13-8-2-1-3-10(8)15-12(16-13)9-6-7-4-5-11(9)18-7/h7,9,11H,1-6,14H2,(H,15,16,17). The van der Waals surface area contributed by atoms with Crippen molar-refractivity contribution in [1.82, 2.24) is 9.97 Å². The van der Waals surface area contributed by atoms with Crippen LogP contribution in [0.15, 0.2) is 0 Å². The summed E-state index contributed by atoms with van der Waals surface area (Å²) in [6.45, 7) is 0. The summed E-state index contributed by atoms with van der Waals surface area (Å²) in [5.74, 6) is 7.74. The Hall–Kier alpha value is -1.20. The quantitative estimate of drug-likeness (QED) is 0.607. The van der Waals surface area contributed by atoms with Gasteiger partial charge in [-0.2, -0.15) is 0 Å². The fraction of sp³-hybridized carbons (Fsp3) is 0.692. The van der Waals surface area contributed by atoms with E-state index in [4.69, 9.17) is 15.6 Å². The molecule has 0 amide bonds. The Morgan fingerprint density at radius 2 is 2.17 bits per heavy atom. The SMILES string of the molecule is NNc1nc(C2CC3CCC2O3)nc2c1CCC2. The van der Waals surface area contributed by atoms with Gasteiger partial charge in [0, 0.05) is 17.2 Å². The lowest BCUT2D eigenvalue weighted by Gasteiger charge is -2.19. The number of aromatic nitrogens is 2. The van der Waals surface area contributed by atoms with E-state index in [-0.39, 0.29) is 0 Å². The minimum Gasteiger partial charge on any atom is -0.374 e. The Morgan fingerprint density at radius 1 is 1.22 bits per heavy atom. The third-order valence-electron chi connectivity index (χ3n) is 4.52. The van der Waals surface area contributed by atoms with Crippen molar-refractivity contribution in [3.05, 3.63) is 17.1 Å². The van der Waals surface area contributed by atoms with Gasteiger partial charge in [0.2, 0.25) is 0 Å². The molecule has 2 fully saturated rings. The van der Waals surface area contributed by atoms with Crippen LogP contribution >= 0.6 is 0 Å². The zero-order valence-corrected chi connectivity index (χ0v) is 10.4. The Morgan fingerprint density at radius 3 is 2.89 bits per heavy atom. The summed E-state index contributed by atoms with van der Waals surface area (Å²) >= 11 is 0. The number of hydrogen-bond donors (Lipinski definition) is 2. The maximum atomic E-state index is 5.90. The van der Waals surface area contributed by atoms with Crippen LogP contribution in [0, 0.1) is 0 Å². The van der Waals surface area contributed by atoms with Crippen LogP contribution in [0.25, 0.3) is 0 Å². The molecule has 5 heteroatoms. The molecule has 2 bridgehead atoms. The molecule has 18 heavy (non-hydrogen) atoms. The summed E-state index contributed by atoms with van der Waals surface area (Å²) in [5, 5.41) is 0. The molecule has 3 N–H and O–H groups in total. The molecule has 1 aliphatic carbocycles. The monoisotopic (exact) mass is 246 g/mol. The predicted molar refractivity (Wildman–Crippen MR) is 67.1 cm³/mol. The van der Waals surface area contributed by atoms with Crippen molar-refractivity contribution in [3.8, 4) is 0 Å². The first kappa shape index (κ1) is 10.7. The highest BCUT2D eigenvalue weighted by Gasteiger charge is 2.43. The van der Waals surface area contributed by atoms with Gasteiger partial charge in [-0.3, -0.25) is 0 Å².